The Morgan fingerprint density at radius 1 is 1.33 bits per heavy atom. The van der Waals surface area contributed by atoms with E-state index >= 15 is 0 Å². The number of hydrogen-bond donors (Lipinski definition) is 0. The molecule has 0 N–H and O–H groups in total. The highest BCUT2D eigenvalue weighted by Crippen LogP contribution is 2.17. The molecular weight excluding hydrogens is 172 g/mol. The zero-order chi connectivity index (χ0) is 8.97. The van der Waals surface area contributed by atoms with Gasteiger partial charge >= 0.3 is 0 Å². The quantitative estimate of drug-likeness (QED) is 0.505. The molecule has 0 heterocycles. The highest BCUT2D eigenvalue weighted by atomic mass is 35.5. The molecule has 0 unspecified atom stereocenters. The van der Waals surface area contributed by atoms with E-state index in [0.717, 1.165) is 5.56 Å². The monoisotopic (exact) mass is 180 g/mol. The number of aldehydes is 1. The molecule has 0 radical (unpaired) electrons. The van der Waals surface area contributed by atoms with E-state index in [9.17, 15) is 4.79 Å². The Balaban J connectivity index is 2.97. The van der Waals surface area contributed by atoms with Crippen molar-refractivity contribution in [2.45, 2.75) is 6.92 Å². The van der Waals surface area contributed by atoms with E-state index < -0.39 is 0 Å². The van der Waals surface area contributed by atoms with Crippen LogP contribution in [-0.4, -0.2) is 6.29 Å². The van der Waals surface area contributed by atoms with Crippen LogP contribution in [0.1, 0.15) is 11.1 Å². The minimum atomic E-state index is 0.477. The first kappa shape index (κ1) is 9.01. The van der Waals surface area contributed by atoms with Crippen molar-refractivity contribution in [2.75, 3.05) is 0 Å². The molecule has 0 amide bonds. The van der Waals surface area contributed by atoms with Crippen LogP contribution >= 0.6 is 11.6 Å². The van der Waals surface area contributed by atoms with E-state index in [1.54, 1.807) is 0 Å². The van der Waals surface area contributed by atoms with Crippen LogP contribution in [0.25, 0.3) is 5.03 Å². The Bertz CT molecular complexity index is 298. The molecule has 62 valence electrons. The summed E-state index contributed by atoms with van der Waals surface area (Å²) < 4.78 is 0. The van der Waals surface area contributed by atoms with Crippen molar-refractivity contribution >= 4 is 22.9 Å². The van der Waals surface area contributed by atoms with Gasteiger partial charge in [-0.1, -0.05) is 41.4 Å². The predicted molar refractivity (Wildman–Crippen MR) is 51.1 cm³/mol. The molecule has 0 atom stereocenters. The van der Waals surface area contributed by atoms with Gasteiger partial charge in [-0.3, -0.25) is 4.79 Å². The van der Waals surface area contributed by atoms with Crippen LogP contribution in [0.2, 0.25) is 0 Å². The summed E-state index contributed by atoms with van der Waals surface area (Å²) in [6.45, 7) is 2.00. The number of allylic oxidation sites excluding steroid dienone is 1. The lowest BCUT2D eigenvalue weighted by Crippen LogP contribution is -1.78. The third kappa shape index (κ3) is 2.21. The first-order chi connectivity index (χ1) is 5.74. The van der Waals surface area contributed by atoms with Crippen molar-refractivity contribution in [3.8, 4) is 0 Å². The van der Waals surface area contributed by atoms with E-state index in [1.807, 2.05) is 31.2 Å². The van der Waals surface area contributed by atoms with Gasteiger partial charge in [-0.05, 0) is 18.6 Å². The Hall–Kier alpha value is -1.08. The molecule has 1 aromatic carbocycles. The van der Waals surface area contributed by atoms with Crippen molar-refractivity contribution < 1.29 is 4.79 Å². The number of benzene rings is 1. The molecule has 1 aromatic rings. The predicted octanol–water partition coefficient (Wildman–Crippen LogP) is 2.77. The van der Waals surface area contributed by atoms with E-state index in [0.29, 0.717) is 11.3 Å². The maximum atomic E-state index is 10.1. The standard InChI is InChI=1S/C10H9ClO/c1-8-2-4-9(5-3-8)10(11)6-7-12/h2-7H,1H3/b10-6+. The van der Waals surface area contributed by atoms with Crippen molar-refractivity contribution in [1.82, 2.24) is 0 Å². The van der Waals surface area contributed by atoms with Crippen LogP contribution in [0.15, 0.2) is 30.3 Å². The second-order valence-corrected chi connectivity index (χ2v) is 2.92. The molecule has 0 aromatic heterocycles. The Labute approximate surface area is 76.7 Å². The van der Waals surface area contributed by atoms with Gasteiger partial charge in [0.05, 0.1) is 5.03 Å². The molecule has 0 saturated heterocycles. The van der Waals surface area contributed by atoms with E-state index in [1.165, 1.54) is 11.6 Å². The molecule has 0 aliphatic heterocycles. The van der Waals surface area contributed by atoms with Gasteiger partial charge in [0.1, 0.15) is 6.29 Å². The first-order valence-corrected chi connectivity index (χ1v) is 4.00. The van der Waals surface area contributed by atoms with E-state index in [-0.39, 0.29) is 0 Å². The summed E-state index contributed by atoms with van der Waals surface area (Å²) in [4.78, 5) is 10.1. The highest BCUT2D eigenvalue weighted by molar-refractivity contribution is 6.49. The third-order valence-electron chi connectivity index (χ3n) is 1.54. The lowest BCUT2D eigenvalue weighted by Gasteiger charge is -1.97. The van der Waals surface area contributed by atoms with Gasteiger partial charge in [0.2, 0.25) is 0 Å². The van der Waals surface area contributed by atoms with Gasteiger partial charge in [-0.2, -0.15) is 0 Å². The summed E-state index contributed by atoms with van der Waals surface area (Å²) in [7, 11) is 0. The zero-order valence-corrected chi connectivity index (χ0v) is 7.51. The van der Waals surface area contributed by atoms with Crippen LogP contribution in [0.3, 0.4) is 0 Å². The lowest BCUT2D eigenvalue weighted by atomic mass is 10.1. The van der Waals surface area contributed by atoms with Crippen LogP contribution in [0.4, 0.5) is 0 Å². The molecular formula is C10H9ClO. The van der Waals surface area contributed by atoms with Gasteiger partial charge in [-0.15, -0.1) is 0 Å². The normalized spacial score (nSPS) is 11.3. The van der Waals surface area contributed by atoms with Crippen molar-refractivity contribution in [1.29, 1.82) is 0 Å². The van der Waals surface area contributed by atoms with Gasteiger partial charge in [0.15, 0.2) is 0 Å². The summed E-state index contributed by atoms with van der Waals surface area (Å²) in [5.74, 6) is 0. The Morgan fingerprint density at radius 2 is 1.92 bits per heavy atom. The van der Waals surface area contributed by atoms with Crippen LogP contribution in [-0.2, 0) is 4.79 Å². The minimum Gasteiger partial charge on any atom is -0.299 e. The number of halogens is 1. The van der Waals surface area contributed by atoms with Crippen LogP contribution in [0.5, 0.6) is 0 Å². The molecule has 1 nitrogen and oxygen atoms in total. The fraction of sp³-hybridized carbons (Fsp3) is 0.100. The SMILES string of the molecule is Cc1ccc(/C(Cl)=C\C=O)cc1. The molecule has 0 aliphatic rings. The summed E-state index contributed by atoms with van der Waals surface area (Å²) in [5, 5.41) is 0.477. The maximum Gasteiger partial charge on any atom is 0.144 e. The summed E-state index contributed by atoms with van der Waals surface area (Å²) >= 11 is 5.79. The third-order valence-corrected chi connectivity index (χ3v) is 1.89. The maximum absolute atomic E-state index is 10.1. The minimum absolute atomic E-state index is 0.477. The summed E-state index contributed by atoms with van der Waals surface area (Å²) in [5.41, 5.74) is 2.05. The lowest BCUT2D eigenvalue weighted by molar-refractivity contribution is -0.104. The molecule has 0 aliphatic carbocycles. The van der Waals surface area contributed by atoms with E-state index in [4.69, 9.17) is 11.6 Å². The average Bonchev–Trinajstić information content (AvgIpc) is 2.06. The van der Waals surface area contributed by atoms with E-state index in [2.05, 4.69) is 0 Å². The number of aryl methyl sites for hydroxylation is 1. The van der Waals surface area contributed by atoms with Gasteiger partial charge in [0.25, 0.3) is 0 Å². The molecule has 0 bridgehead atoms. The molecule has 0 fully saturated rings. The highest BCUT2D eigenvalue weighted by Gasteiger charge is 1.95. The second-order valence-electron chi connectivity index (χ2n) is 2.52. The second kappa shape index (κ2) is 4.07. The summed E-state index contributed by atoms with van der Waals surface area (Å²) in [6.07, 6.45) is 2.02. The number of hydrogen-bond acceptors (Lipinski definition) is 1. The molecule has 2 heteroatoms. The molecule has 0 spiro atoms. The summed E-state index contributed by atoms with van der Waals surface area (Å²) in [6, 6.07) is 7.68. The van der Waals surface area contributed by atoms with Crippen LogP contribution in [0, 0.1) is 6.92 Å². The van der Waals surface area contributed by atoms with Gasteiger partial charge in [-0.25, -0.2) is 0 Å². The average molecular weight is 181 g/mol. The first-order valence-electron chi connectivity index (χ1n) is 3.62. The molecule has 1 rings (SSSR count). The topological polar surface area (TPSA) is 17.1 Å². The Kier molecular flexibility index (Phi) is 3.06. The van der Waals surface area contributed by atoms with Crippen molar-refractivity contribution in [2.24, 2.45) is 0 Å². The smallest absolute Gasteiger partial charge is 0.144 e. The van der Waals surface area contributed by atoms with Crippen molar-refractivity contribution in [3.05, 3.63) is 41.5 Å². The Morgan fingerprint density at radius 3 is 2.42 bits per heavy atom. The molecule has 12 heavy (non-hydrogen) atoms. The van der Waals surface area contributed by atoms with Crippen molar-refractivity contribution in [3.63, 3.8) is 0 Å². The number of rotatable bonds is 2. The fourth-order valence-electron chi connectivity index (χ4n) is 0.869. The number of carbonyl (C=O) groups is 1. The van der Waals surface area contributed by atoms with Crippen LogP contribution < -0.4 is 0 Å². The largest absolute Gasteiger partial charge is 0.299 e. The van der Waals surface area contributed by atoms with Gasteiger partial charge in [0, 0.05) is 0 Å². The van der Waals surface area contributed by atoms with Gasteiger partial charge < -0.3 is 0 Å². The number of carbonyl (C=O) groups excluding carboxylic acids is 1. The fourth-order valence-corrected chi connectivity index (χ4v) is 1.05. The zero-order valence-electron chi connectivity index (χ0n) is 6.75. The molecule has 0 saturated carbocycles.